The van der Waals surface area contributed by atoms with Gasteiger partial charge in [0.1, 0.15) is 0 Å². The van der Waals surface area contributed by atoms with Crippen molar-refractivity contribution in [2.24, 2.45) is 0 Å². The molecule has 0 saturated carbocycles. The number of rotatable bonds is 3. The summed E-state index contributed by atoms with van der Waals surface area (Å²) < 4.78 is 0. The summed E-state index contributed by atoms with van der Waals surface area (Å²) in [7, 11) is 1.54. The van der Waals surface area contributed by atoms with E-state index in [2.05, 4.69) is 12.1 Å². The summed E-state index contributed by atoms with van der Waals surface area (Å²) in [5, 5.41) is 1.47. The average Bonchev–Trinajstić information content (AvgIpc) is 2.73. The lowest BCUT2D eigenvalue weighted by molar-refractivity contribution is -0.118. The maximum Gasteiger partial charge on any atom is 0.278 e. The summed E-state index contributed by atoms with van der Waals surface area (Å²) in [5.74, 6) is -0.0565. The highest BCUT2D eigenvalue weighted by Gasteiger charge is 2.36. The van der Waals surface area contributed by atoms with Crippen LogP contribution in [0.4, 0.5) is 0 Å². The summed E-state index contributed by atoms with van der Waals surface area (Å²) in [4.78, 5) is 17.5. The van der Waals surface area contributed by atoms with E-state index >= 15 is 0 Å². The first-order chi connectivity index (χ1) is 9.31. The van der Waals surface area contributed by atoms with Gasteiger partial charge in [0.2, 0.25) is 0 Å². The number of amides is 1. The van der Waals surface area contributed by atoms with Gasteiger partial charge in [-0.05, 0) is 23.6 Å². The number of benzene rings is 2. The topological polar surface area (TPSA) is 29.5 Å². The van der Waals surface area contributed by atoms with Crippen LogP contribution in [-0.4, -0.2) is 18.1 Å². The van der Waals surface area contributed by atoms with Gasteiger partial charge in [0.15, 0.2) is 0 Å². The quantitative estimate of drug-likeness (QED) is 0.841. The molecule has 3 rings (SSSR count). The van der Waals surface area contributed by atoms with Gasteiger partial charge in [0.25, 0.3) is 5.91 Å². The fraction of sp³-hybridized carbons (Fsp3) is 0.188. The van der Waals surface area contributed by atoms with E-state index in [0.717, 1.165) is 17.5 Å². The molecule has 1 aliphatic heterocycles. The molecule has 1 amide bonds. The zero-order valence-electron chi connectivity index (χ0n) is 10.7. The lowest BCUT2D eigenvalue weighted by Crippen LogP contribution is -2.28. The highest BCUT2D eigenvalue weighted by atomic mass is 16.7. The van der Waals surface area contributed by atoms with E-state index in [1.165, 1.54) is 10.6 Å². The van der Waals surface area contributed by atoms with Crippen LogP contribution >= 0.6 is 0 Å². The SMILES string of the molecule is CON1C(=O)c2ccccc2[C@@H]1Cc1ccccc1. The second-order valence-corrected chi connectivity index (χ2v) is 4.61. The minimum atomic E-state index is -0.0565. The lowest BCUT2D eigenvalue weighted by Gasteiger charge is -2.22. The summed E-state index contributed by atoms with van der Waals surface area (Å²) in [5.41, 5.74) is 2.97. The Kier molecular flexibility index (Phi) is 3.05. The van der Waals surface area contributed by atoms with Gasteiger partial charge < -0.3 is 0 Å². The smallest absolute Gasteiger partial charge is 0.273 e. The number of hydrogen-bond acceptors (Lipinski definition) is 2. The Balaban J connectivity index is 1.97. The van der Waals surface area contributed by atoms with E-state index in [9.17, 15) is 4.79 Å². The number of fused-ring (bicyclic) bond motifs is 1. The largest absolute Gasteiger partial charge is 0.278 e. The third-order valence-electron chi connectivity index (χ3n) is 3.50. The van der Waals surface area contributed by atoms with E-state index in [1.807, 2.05) is 42.5 Å². The van der Waals surface area contributed by atoms with Crippen LogP contribution < -0.4 is 0 Å². The molecule has 0 unspecified atom stereocenters. The van der Waals surface area contributed by atoms with Crippen molar-refractivity contribution < 1.29 is 9.63 Å². The van der Waals surface area contributed by atoms with Gasteiger partial charge in [0.05, 0.1) is 13.2 Å². The van der Waals surface area contributed by atoms with Crippen molar-refractivity contribution in [3.8, 4) is 0 Å². The van der Waals surface area contributed by atoms with Gasteiger partial charge in [-0.1, -0.05) is 48.5 Å². The first-order valence-corrected chi connectivity index (χ1v) is 6.32. The third-order valence-corrected chi connectivity index (χ3v) is 3.50. The van der Waals surface area contributed by atoms with Crippen molar-refractivity contribution in [3.05, 3.63) is 71.3 Å². The molecule has 2 aromatic carbocycles. The molecule has 3 nitrogen and oxygen atoms in total. The van der Waals surface area contributed by atoms with E-state index in [0.29, 0.717) is 0 Å². The Hall–Kier alpha value is -2.13. The molecular weight excluding hydrogens is 238 g/mol. The fourth-order valence-corrected chi connectivity index (χ4v) is 2.61. The van der Waals surface area contributed by atoms with Gasteiger partial charge >= 0.3 is 0 Å². The Morgan fingerprint density at radius 2 is 1.74 bits per heavy atom. The zero-order chi connectivity index (χ0) is 13.2. The molecule has 0 bridgehead atoms. The van der Waals surface area contributed by atoms with Gasteiger partial charge in [-0.25, -0.2) is 5.06 Å². The molecule has 96 valence electrons. The van der Waals surface area contributed by atoms with Crippen LogP contribution in [0, 0.1) is 0 Å². The first kappa shape index (κ1) is 11.9. The molecule has 1 heterocycles. The van der Waals surface area contributed by atoms with Gasteiger partial charge in [-0.2, -0.15) is 0 Å². The molecule has 1 aliphatic rings. The van der Waals surface area contributed by atoms with Gasteiger partial charge in [-0.15, -0.1) is 0 Å². The van der Waals surface area contributed by atoms with Crippen LogP contribution in [0.3, 0.4) is 0 Å². The number of carbonyl (C=O) groups excluding carboxylic acids is 1. The fourth-order valence-electron chi connectivity index (χ4n) is 2.61. The number of carbonyl (C=O) groups is 1. The van der Waals surface area contributed by atoms with Crippen LogP contribution in [0.2, 0.25) is 0 Å². The molecule has 0 fully saturated rings. The van der Waals surface area contributed by atoms with Crippen LogP contribution in [0.25, 0.3) is 0 Å². The molecule has 0 aromatic heterocycles. The number of hydrogen-bond donors (Lipinski definition) is 0. The highest BCUT2D eigenvalue weighted by molar-refractivity contribution is 5.98. The Morgan fingerprint density at radius 1 is 1.05 bits per heavy atom. The van der Waals surface area contributed by atoms with Crippen molar-refractivity contribution in [1.82, 2.24) is 5.06 Å². The minimum absolute atomic E-state index is 0.0453. The average molecular weight is 253 g/mol. The van der Waals surface area contributed by atoms with Crippen molar-refractivity contribution >= 4 is 5.91 Å². The van der Waals surface area contributed by atoms with Gasteiger partial charge in [0, 0.05) is 5.56 Å². The summed E-state index contributed by atoms with van der Waals surface area (Å²) in [6.07, 6.45) is 0.761. The van der Waals surface area contributed by atoms with Crippen molar-refractivity contribution in [2.75, 3.05) is 7.11 Å². The highest BCUT2D eigenvalue weighted by Crippen LogP contribution is 2.35. The molecule has 0 aliphatic carbocycles. The third kappa shape index (κ3) is 2.02. The maximum absolute atomic E-state index is 12.2. The summed E-state index contributed by atoms with van der Waals surface area (Å²) >= 11 is 0. The molecule has 2 aromatic rings. The number of hydroxylamine groups is 2. The molecule has 3 heteroatoms. The van der Waals surface area contributed by atoms with E-state index < -0.39 is 0 Å². The van der Waals surface area contributed by atoms with Crippen molar-refractivity contribution in [3.63, 3.8) is 0 Å². The minimum Gasteiger partial charge on any atom is -0.273 e. The molecule has 0 saturated heterocycles. The summed E-state index contributed by atoms with van der Waals surface area (Å²) in [6.45, 7) is 0. The van der Waals surface area contributed by atoms with E-state index in [1.54, 1.807) is 7.11 Å². The Morgan fingerprint density at radius 3 is 2.47 bits per heavy atom. The standard InChI is InChI=1S/C16H15NO2/c1-19-17-15(11-12-7-3-2-4-8-12)13-9-5-6-10-14(13)16(17)18/h2-10,15H,11H2,1H3/t15-/m0/s1. The van der Waals surface area contributed by atoms with Crippen molar-refractivity contribution in [1.29, 1.82) is 0 Å². The predicted octanol–water partition coefficient (Wildman–Crippen LogP) is 2.99. The zero-order valence-corrected chi connectivity index (χ0v) is 10.7. The molecule has 0 spiro atoms. The van der Waals surface area contributed by atoms with Crippen LogP contribution in [-0.2, 0) is 11.3 Å². The Bertz CT molecular complexity index is 595. The molecule has 1 atom stereocenters. The predicted molar refractivity (Wildman–Crippen MR) is 72.5 cm³/mol. The maximum atomic E-state index is 12.2. The van der Waals surface area contributed by atoms with Crippen molar-refractivity contribution in [2.45, 2.75) is 12.5 Å². The molecule has 19 heavy (non-hydrogen) atoms. The van der Waals surface area contributed by atoms with Gasteiger partial charge in [-0.3, -0.25) is 9.63 Å². The van der Waals surface area contributed by atoms with Crippen LogP contribution in [0.1, 0.15) is 27.5 Å². The van der Waals surface area contributed by atoms with E-state index in [4.69, 9.17) is 4.84 Å². The molecule has 0 N–H and O–H groups in total. The first-order valence-electron chi connectivity index (χ1n) is 6.32. The van der Waals surface area contributed by atoms with E-state index in [-0.39, 0.29) is 11.9 Å². The lowest BCUT2D eigenvalue weighted by atomic mass is 9.99. The second-order valence-electron chi connectivity index (χ2n) is 4.61. The number of nitrogens with zero attached hydrogens (tertiary/aromatic N) is 1. The normalized spacial score (nSPS) is 17.6. The molecule has 0 radical (unpaired) electrons. The van der Waals surface area contributed by atoms with Crippen LogP contribution in [0.15, 0.2) is 54.6 Å². The Labute approximate surface area is 112 Å². The monoisotopic (exact) mass is 253 g/mol. The summed E-state index contributed by atoms with van der Waals surface area (Å²) in [6, 6.07) is 17.8. The molecular formula is C16H15NO2. The van der Waals surface area contributed by atoms with Crippen LogP contribution in [0.5, 0.6) is 0 Å². The second kappa shape index (κ2) is 4.86.